The Kier molecular flexibility index (Phi) is 4.50. The van der Waals surface area contributed by atoms with E-state index >= 15 is 0 Å². The predicted molar refractivity (Wildman–Crippen MR) is 80.4 cm³/mol. The maximum atomic E-state index is 10.6. The van der Waals surface area contributed by atoms with Crippen molar-refractivity contribution in [2.45, 2.75) is 13.0 Å². The molecule has 1 aromatic heterocycles. The van der Waals surface area contributed by atoms with E-state index in [9.17, 15) is 5.11 Å². The summed E-state index contributed by atoms with van der Waals surface area (Å²) in [5, 5.41) is 10.6. The SMILES string of the molecule is COc1cccc(OC)c1C(O)c1cc(C)c(Br)s1. The Labute approximate surface area is 124 Å². The van der Waals surface area contributed by atoms with Crippen LogP contribution in [0.5, 0.6) is 11.5 Å². The molecule has 1 heterocycles. The van der Waals surface area contributed by atoms with Crippen molar-refractivity contribution in [1.29, 1.82) is 0 Å². The van der Waals surface area contributed by atoms with E-state index in [1.54, 1.807) is 14.2 Å². The summed E-state index contributed by atoms with van der Waals surface area (Å²) in [6.45, 7) is 2.00. The zero-order chi connectivity index (χ0) is 14.0. The lowest BCUT2D eigenvalue weighted by Crippen LogP contribution is -2.03. The number of aliphatic hydroxyl groups is 1. The molecule has 0 fully saturated rings. The Morgan fingerprint density at radius 3 is 2.21 bits per heavy atom. The highest BCUT2D eigenvalue weighted by molar-refractivity contribution is 9.11. The second-order valence-electron chi connectivity index (χ2n) is 4.08. The summed E-state index contributed by atoms with van der Waals surface area (Å²) in [4.78, 5) is 0.854. The molecule has 1 atom stereocenters. The number of aliphatic hydroxyl groups excluding tert-OH is 1. The Morgan fingerprint density at radius 1 is 1.21 bits per heavy atom. The van der Waals surface area contributed by atoms with Crippen molar-refractivity contribution in [3.8, 4) is 11.5 Å². The van der Waals surface area contributed by atoms with Gasteiger partial charge in [-0.1, -0.05) is 6.07 Å². The summed E-state index contributed by atoms with van der Waals surface area (Å²) in [6, 6.07) is 7.43. The highest BCUT2D eigenvalue weighted by Gasteiger charge is 2.22. The van der Waals surface area contributed by atoms with E-state index in [1.807, 2.05) is 31.2 Å². The van der Waals surface area contributed by atoms with Gasteiger partial charge in [0.1, 0.15) is 17.6 Å². The van der Waals surface area contributed by atoms with Crippen LogP contribution in [0.15, 0.2) is 28.1 Å². The molecular weight excluding hydrogens is 328 g/mol. The molecule has 19 heavy (non-hydrogen) atoms. The van der Waals surface area contributed by atoms with Crippen LogP contribution < -0.4 is 9.47 Å². The topological polar surface area (TPSA) is 38.7 Å². The van der Waals surface area contributed by atoms with Gasteiger partial charge in [0.25, 0.3) is 0 Å². The Bertz CT molecular complexity index is 538. The van der Waals surface area contributed by atoms with Gasteiger partial charge in [0.05, 0.1) is 23.6 Å². The average molecular weight is 343 g/mol. The smallest absolute Gasteiger partial charge is 0.128 e. The van der Waals surface area contributed by atoms with Gasteiger partial charge in [0, 0.05) is 4.88 Å². The lowest BCUT2D eigenvalue weighted by Gasteiger charge is -2.17. The fourth-order valence-electron chi connectivity index (χ4n) is 1.91. The van der Waals surface area contributed by atoms with E-state index in [4.69, 9.17) is 9.47 Å². The molecule has 0 aliphatic rings. The van der Waals surface area contributed by atoms with Gasteiger partial charge >= 0.3 is 0 Å². The number of thiophene rings is 1. The highest BCUT2D eigenvalue weighted by Crippen LogP contribution is 2.41. The average Bonchev–Trinajstić information content (AvgIpc) is 2.76. The van der Waals surface area contributed by atoms with Crippen molar-refractivity contribution in [2.24, 2.45) is 0 Å². The largest absolute Gasteiger partial charge is 0.496 e. The standard InChI is InChI=1S/C14H15BrO3S/c1-8-7-11(19-14(8)15)13(16)12-9(17-2)5-4-6-10(12)18-3/h4-7,13,16H,1-3H3. The van der Waals surface area contributed by atoms with Crippen LogP contribution in [0.4, 0.5) is 0 Å². The Hall–Kier alpha value is -1.04. The molecule has 2 aromatic rings. The Balaban J connectivity index is 2.50. The maximum Gasteiger partial charge on any atom is 0.128 e. The minimum Gasteiger partial charge on any atom is -0.496 e. The van der Waals surface area contributed by atoms with Crippen LogP contribution in [0.3, 0.4) is 0 Å². The van der Waals surface area contributed by atoms with E-state index in [1.165, 1.54) is 11.3 Å². The van der Waals surface area contributed by atoms with Crippen molar-refractivity contribution in [3.63, 3.8) is 0 Å². The van der Waals surface area contributed by atoms with Crippen molar-refractivity contribution < 1.29 is 14.6 Å². The van der Waals surface area contributed by atoms with E-state index in [2.05, 4.69) is 15.9 Å². The number of methoxy groups -OCH3 is 2. The van der Waals surface area contributed by atoms with E-state index in [0.29, 0.717) is 17.1 Å². The van der Waals surface area contributed by atoms with E-state index in [0.717, 1.165) is 14.2 Å². The highest BCUT2D eigenvalue weighted by atomic mass is 79.9. The summed E-state index contributed by atoms with van der Waals surface area (Å²) in [5.41, 5.74) is 1.76. The fraction of sp³-hybridized carbons (Fsp3) is 0.286. The summed E-state index contributed by atoms with van der Waals surface area (Å²) in [6.07, 6.45) is -0.763. The quantitative estimate of drug-likeness (QED) is 0.915. The molecule has 1 N–H and O–H groups in total. The summed E-state index contributed by atoms with van der Waals surface area (Å²) < 4.78 is 11.7. The number of halogens is 1. The number of benzene rings is 1. The number of rotatable bonds is 4. The number of hydrogen-bond donors (Lipinski definition) is 1. The molecule has 0 bridgehead atoms. The van der Waals surface area contributed by atoms with Crippen molar-refractivity contribution in [3.05, 3.63) is 44.1 Å². The molecular formula is C14H15BrO3S. The third-order valence-electron chi connectivity index (χ3n) is 2.89. The van der Waals surface area contributed by atoms with Gasteiger partial charge in [-0.05, 0) is 46.6 Å². The fourth-order valence-corrected chi connectivity index (χ4v) is 3.48. The lowest BCUT2D eigenvalue weighted by atomic mass is 10.0. The van der Waals surface area contributed by atoms with Crippen LogP contribution in [0.25, 0.3) is 0 Å². The molecule has 0 aliphatic heterocycles. The predicted octanol–water partition coefficient (Wildman–Crippen LogP) is 3.92. The molecule has 0 spiro atoms. The van der Waals surface area contributed by atoms with Gasteiger partial charge in [-0.15, -0.1) is 11.3 Å². The number of aryl methyl sites for hydroxylation is 1. The molecule has 0 saturated carbocycles. The van der Waals surface area contributed by atoms with Crippen LogP contribution >= 0.6 is 27.3 Å². The van der Waals surface area contributed by atoms with Crippen molar-refractivity contribution in [1.82, 2.24) is 0 Å². The zero-order valence-corrected chi connectivity index (χ0v) is 13.3. The molecule has 0 aliphatic carbocycles. The van der Waals surface area contributed by atoms with Crippen LogP contribution in [0.2, 0.25) is 0 Å². The van der Waals surface area contributed by atoms with Crippen LogP contribution in [0.1, 0.15) is 22.1 Å². The monoisotopic (exact) mass is 342 g/mol. The zero-order valence-electron chi connectivity index (χ0n) is 10.9. The van der Waals surface area contributed by atoms with E-state index in [-0.39, 0.29) is 0 Å². The molecule has 1 aromatic carbocycles. The molecule has 102 valence electrons. The first kappa shape index (κ1) is 14.4. The van der Waals surface area contributed by atoms with Gasteiger partial charge < -0.3 is 14.6 Å². The maximum absolute atomic E-state index is 10.6. The van der Waals surface area contributed by atoms with E-state index < -0.39 is 6.10 Å². The first-order valence-corrected chi connectivity index (χ1v) is 7.34. The van der Waals surface area contributed by atoms with Gasteiger partial charge in [-0.25, -0.2) is 0 Å². The molecule has 0 radical (unpaired) electrons. The molecule has 3 nitrogen and oxygen atoms in total. The summed E-state index contributed by atoms with van der Waals surface area (Å²) in [7, 11) is 3.17. The minimum absolute atomic E-state index is 0.619. The van der Waals surface area contributed by atoms with Crippen molar-refractivity contribution >= 4 is 27.3 Å². The van der Waals surface area contributed by atoms with Crippen molar-refractivity contribution in [2.75, 3.05) is 14.2 Å². The molecule has 0 saturated heterocycles. The van der Waals surface area contributed by atoms with Crippen LogP contribution in [0, 0.1) is 6.92 Å². The Morgan fingerprint density at radius 2 is 1.79 bits per heavy atom. The van der Waals surface area contributed by atoms with Crippen LogP contribution in [-0.2, 0) is 0 Å². The first-order valence-electron chi connectivity index (χ1n) is 5.73. The van der Waals surface area contributed by atoms with Gasteiger partial charge in [0.15, 0.2) is 0 Å². The summed E-state index contributed by atoms with van der Waals surface area (Å²) >= 11 is 4.98. The molecule has 2 rings (SSSR count). The summed E-state index contributed by atoms with van der Waals surface area (Å²) in [5.74, 6) is 1.24. The molecule has 1 unspecified atom stereocenters. The van der Waals surface area contributed by atoms with Gasteiger partial charge in [-0.2, -0.15) is 0 Å². The molecule has 5 heteroatoms. The number of hydrogen-bond acceptors (Lipinski definition) is 4. The van der Waals surface area contributed by atoms with Gasteiger partial charge in [0.2, 0.25) is 0 Å². The second kappa shape index (κ2) is 5.94. The second-order valence-corrected chi connectivity index (χ2v) is 6.49. The molecule has 0 amide bonds. The third-order valence-corrected chi connectivity index (χ3v) is 5.07. The number of ether oxygens (including phenoxy) is 2. The minimum atomic E-state index is -0.763. The third kappa shape index (κ3) is 2.78. The van der Waals surface area contributed by atoms with Gasteiger partial charge in [-0.3, -0.25) is 0 Å². The normalized spacial score (nSPS) is 12.3. The first-order chi connectivity index (χ1) is 9.08. The lowest BCUT2D eigenvalue weighted by molar-refractivity contribution is 0.212. The van der Waals surface area contributed by atoms with Crippen LogP contribution in [-0.4, -0.2) is 19.3 Å².